The Bertz CT molecular complexity index is 947. The van der Waals surface area contributed by atoms with Crippen LogP contribution in [0.5, 0.6) is 0 Å². The number of fused-ring (bicyclic) bond motifs is 5. The van der Waals surface area contributed by atoms with Crippen LogP contribution in [0.3, 0.4) is 0 Å². The van der Waals surface area contributed by atoms with Crippen molar-refractivity contribution in [3.8, 4) is 0 Å². The van der Waals surface area contributed by atoms with Gasteiger partial charge in [0, 0.05) is 29.8 Å². The molecule has 4 aliphatic carbocycles. The molecule has 0 aromatic carbocycles. The van der Waals surface area contributed by atoms with Gasteiger partial charge in [-0.1, -0.05) is 25.5 Å². The molecule has 1 N–H and O–H groups in total. The highest BCUT2D eigenvalue weighted by molar-refractivity contribution is 6.29. The maximum absolute atomic E-state index is 17.2. The standard InChI is InChI=1S/C25H32ClFO6/c1-14-9-18-17-6-5-15-10-16(28)7-8-22(15,2)24(17,27)19(29)11-23(18,3)25(14,20(30)12-26)33-21(31)13-32-4/h7-8,10,14,17-19,29H,5-6,9,11-13H2,1-4H3/t14-,17-,18-,19-,22-,23-,24-,25-/m0/s1. The van der Waals surface area contributed by atoms with E-state index in [1.165, 1.54) is 19.3 Å². The van der Waals surface area contributed by atoms with Gasteiger partial charge in [0.05, 0.1) is 12.0 Å². The molecule has 0 spiro atoms. The van der Waals surface area contributed by atoms with Gasteiger partial charge in [-0.3, -0.25) is 9.59 Å². The molecule has 182 valence electrons. The minimum absolute atomic E-state index is 0.0669. The van der Waals surface area contributed by atoms with Gasteiger partial charge in [0.15, 0.2) is 22.8 Å². The zero-order valence-corrected chi connectivity index (χ0v) is 20.3. The van der Waals surface area contributed by atoms with Gasteiger partial charge in [-0.2, -0.15) is 0 Å². The van der Waals surface area contributed by atoms with Crippen LogP contribution >= 0.6 is 11.6 Å². The Kier molecular flexibility index (Phi) is 5.95. The van der Waals surface area contributed by atoms with E-state index < -0.39 is 51.8 Å². The summed E-state index contributed by atoms with van der Waals surface area (Å²) in [5, 5.41) is 11.4. The van der Waals surface area contributed by atoms with Crippen LogP contribution in [0.2, 0.25) is 0 Å². The zero-order valence-electron chi connectivity index (χ0n) is 19.5. The number of hydrogen-bond acceptors (Lipinski definition) is 6. The maximum atomic E-state index is 17.2. The average Bonchev–Trinajstić information content (AvgIpc) is 2.97. The van der Waals surface area contributed by atoms with Crippen molar-refractivity contribution in [2.45, 2.75) is 63.8 Å². The molecule has 4 aliphatic rings. The van der Waals surface area contributed by atoms with E-state index in [4.69, 9.17) is 21.1 Å². The summed E-state index contributed by atoms with van der Waals surface area (Å²) in [4.78, 5) is 37.9. The number of methoxy groups -OCH3 is 1. The number of rotatable bonds is 5. The number of allylic oxidation sites excluding steroid dienone is 4. The quantitative estimate of drug-likeness (QED) is 0.477. The van der Waals surface area contributed by atoms with E-state index in [2.05, 4.69) is 0 Å². The van der Waals surface area contributed by atoms with Gasteiger partial charge in [-0.05, 0) is 50.7 Å². The van der Waals surface area contributed by atoms with Crippen molar-refractivity contribution >= 4 is 29.1 Å². The number of alkyl halides is 2. The van der Waals surface area contributed by atoms with E-state index in [-0.39, 0.29) is 30.6 Å². The molecule has 0 aromatic rings. The Morgan fingerprint density at radius 3 is 2.64 bits per heavy atom. The Morgan fingerprint density at radius 2 is 2.00 bits per heavy atom. The normalized spacial score (nSPS) is 46.2. The molecule has 0 aliphatic heterocycles. The molecule has 0 aromatic heterocycles. The number of hydrogen-bond donors (Lipinski definition) is 1. The first-order valence-corrected chi connectivity index (χ1v) is 12.1. The first kappa shape index (κ1) is 24.6. The lowest BCUT2D eigenvalue weighted by atomic mass is 9.44. The van der Waals surface area contributed by atoms with E-state index in [9.17, 15) is 19.5 Å². The Hall–Kier alpha value is -1.57. The van der Waals surface area contributed by atoms with Crippen molar-refractivity contribution in [1.29, 1.82) is 0 Å². The van der Waals surface area contributed by atoms with Gasteiger partial charge in [-0.25, -0.2) is 9.18 Å². The smallest absolute Gasteiger partial charge is 0.333 e. The molecule has 0 unspecified atom stereocenters. The minimum atomic E-state index is -2.02. The number of aliphatic hydroxyl groups is 1. The summed E-state index contributed by atoms with van der Waals surface area (Å²) >= 11 is 6.01. The molecule has 0 radical (unpaired) electrons. The third-order valence-corrected chi connectivity index (χ3v) is 9.50. The highest BCUT2D eigenvalue weighted by Gasteiger charge is 2.77. The molecule has 0 bridgehead atoms. The first-order chi connectivity index (χ1) is 15.4. The number of carbonyl (C=O) groups excluding carboxylic acids is 3. The SMILES string of the molecule is COCC(=O)O[C@]1(C(=O)CCl)[C@@H](C)C[C@H]2[C@@H]3CCC4=CC(=O)C=C[C@]4(C)[C@@]3(F)[C@@H](O)C[C@@]21C. The fraction of sp³-hybridized carbons (Fsp3) is 0.720. The molecule has 33 heavy (non-hydrogen) atoms. The third-order valence-electron chi connectivity index (χ3n) is 9.25. The highest BCUT2D eigenvalue weighted by atomic mass is 35.5. The summed E-state index contributed by atoms with van der Waals surface area (Å²) in [6, 6.07) is 0. The molecular formula is C25H32ClFO6. The van der Waals surface area contributed by atoms with E-state index >= 15 is 4.39 Å². The van der Waals surface area contributed by atoms with Gasteiger partial charge < -0.3 is 14.6 Å². The van der Waals surface area contributed by atoms with Gasteiger partial charge in [0.2, 0.25) is 0 Å². The number of Topliss-reactive ketones (excluding diaryl/α,β-unsaturated/α-hetero) is 1. The lowest BCUT2D eigenvalue weighted by Crippen LogP contribution is -2.70. The molecule has 4 rings (SSSR count). The molecule has 0 heterocycles. The molecule has 3 saturated carbocycles. The predicted molar refractivity (Wildman–Crippen MR) is 119 cm³/mol. The first-order valence-electron chi connectivity index (χ1n) is 11.5. The molecule has 8 atom stereocenters. The van der Waals surface area contributed by atoms with E-state index in [1.807, 2.05) is 13.8 Å². The summed E-state index contributed by atoms with van der Waals surface area (Å²) in [5.74, 6) is -2.98. The van der Waals surface area contributed by atoms with E-state index in [0.717, 1.165) is 0 Å². The van der Waals surface area contributed by atoms with Crippen molar-refractivity contribution < 1.29 is 33.4 Å². The summed E-state index contributed by atoms with van der Waals surface area (Å²) in [6.45, 7) is 5.07. The molecule has 0 saturated heterocycles. The summed E-state index contributed by atoms with van der Waals surface area (Å²) in [7, 11) is 1.36. The van der Waals surface area contributed by atoms with Crippen LogP contribution in [0.4, 0.5) is 4.39 Å². The van der Waals surface area contributed by atoms with E-state index in [1.54, 1.807) is 13.0 Å². The van der Waals surface area contributed by atoms with E-state index in [0.29, 0.717) is 24.8 Å². The second-order valence-electron chi connectivity index (χ2n) is 10.6. The predicted octanol–water partition coefficient (Wildman–Crippen LogP) is 3.34. The van der Waals surface area contributed by atoms with Crippen molar-refractivity contribution in [3.63, 3.8) is 0 Å². The van der Waals surface area contributed by atoms with Gasteiger partial charge in [0.1, 0.15) is 6.61 Å². The summed E-state index contributed by atoms with van der Waals surface area (Å²) in [5.41, 5.74) is -5.03. The molecule has 0 amide bonds. The second-order valence-corrected chi connectivity index (χ2v) is 10.9. The average molecular weight is 483 g/mol. The summed E-state index contributed by atoms with van der Waals surface area (Å²) in [6.07, 6.45) is 4.38. The number of ether oxygens (including phenoxy) is 2. The van der Waals surface area contributed by atoms with Crippen molar-refractivity contribution in [1.82, 2.24) is 0 Å². The van der Waals surface area contributed by atoms with Crippen LogP contribution in [0, 0.1) is 28.6 Å². The molecule has 6 nitrogen and oxygen atoms in total. The summed E-state index contributed by atoms with van der Waals surface area (Å²) < 4.78 is 28.0. The van der Waals surface area contributed by atoms with Crippen LogP contribution in [0.15, 0.2) is 23.8 Å². The number of aliphatic hydroxyl groups excluding tert-OH is 1. The lowest BCUT2D eigenvalue weighted by Gasteiger charge is -2.62. The number of ketones is 2. The lowest BCUT2D eigenvalue weighted by molar-refractivity contribution is -0.228. The largest absolute Gasteiger partial charge is 0.448 e. The minimum Gasteiger partial charge on any atom is -0.448 e. The van der Waals surface area contributed by atoms with Crippen LogP contribution in [0.25, 0.3) is 0 Å². The van der Waals surface area contributed by atoms with Gasteiger partial charge in [-0.15, -0.1) is 11.6 Å². The monoisotopic (exact) mass is 482 g/mol. The molecule has 8 heteroatoms. The van der Waals surface area contributed by atoms with Crippen LogP contribution < -0.4 is 0 Å². The molecular weight excluding hydrogens is 451 g/mol. The van der Waals surface area contributed by atoms with Crippen molar-refractivity contribution in [2.75, 3.05) is 19.6 Å². The van der Waals surface area contributed by atoms with Crippen LogP contribution in [0.1, 0.15) is 46.5 Å². The van der Waals surface area contributed by atoms with Crippen molar-refractivity contribution in [2.24, 2.45) is 28.6 Å². The second kappa shape index (κ2) is 7.99. The number of esters is 1. The van der Waals surface area contributed by atoms with Crippen LogP contribution in [-0.4, -0.2) is 59.6 Å². The fourth-order valence-corrected chi connectivity index (χ4v) is 8.02. The topological polar surface area (TPSA) is 89.9 Å². The fourth-order valence-electron chi connectivity index (χ4n) is 7.82. The molecule has 3 fully saturated rings. The van der Waals surface area contributed by atoms with Gasteiger partial charge >= 0.3 is 5.97 Å². The Morgan fingerprint density at radius 1 is 1.30 bits per heavy atom. The number of halogens is 2. The zero-order chi connectivity index (χ0) is 24.4. The van der Waals surface area contributed by atoms with Crippen LogP contribution in [-0.2, 0) is 23.9 Å². The Labute approximate surface area is 198 Å². The highest BCUT2D eigenvalue weighted by Crippen LogP contribution is 2.71. The maximum Gasteiger partial charge on any atom is 0.333 e. The van der Waals surface area contributed by atoms with Crippen molar-refractivity contribution in [3.05, 3.63) is 23.8 Å². The third kappa shape index (κ3) is 3.01. The van der Waals surface area contributed by atoms with Gasteiger partial charge in [0.25, 0.3) is 0 Å². The Balaban J connectivity index is 1.83. The number of carbonyl (C=O) groups is 3.